The normalized spacial score (nSPS) is 11.4. The molecule has 0 spiro atoms. The van der Waals surface area contributed by atoms with Gasteiger partial charge in [0.2, 0.25) is 0 Å². The third-order valence-electron chi connectivity index (χ3n) is 3.73. The molecule has 2 aromatic rings. The van der Waals surface area contributed by atoms with E-state index in [0.717, 1.165) is 43.0 Å². The molecule has 5 heteroatoms. The number of nitrogens with zero attached hydrogens (tertiary/aromatic N) is 2. The van der Waals surface area contributed by atoms with Crippen molar-refractivity contribution in [1.29, 1.82) is 0 Å². The van der Waals surface area contributed by atoms with Gasteiger partial charge in [0, 0.05) is 32.0 Å². The van der Waals surface area contributed by atoms with Crippen LogP contribution >= 0.6 is 0 Å². The topological polar surface area (TPSA) is 49.3 Å². The SMILES string of the molecule is CCNC(=NCCc1ccc(F)cc1C)NCCc1cccnc1. The first kappa shape index (κ1) is 17.9. The zero-order chi connectivity index (χ0) is 17.2. The lowest BCUT2D eigenvalue weighted by molar-refractivity contribution is 0.625. The molecule has 0 saturated carbocycles. The van der Waals surface area contributed by atoms with Crippen LogP contribution in [-0.2, 0) is 12.8 Å². The first-order valence-corrected chi connectivity index (χ1v) is 8.35. The Labute approximate surface area is 143 Å². The number of hydrogen-bond acceptors (Lipinski definition) is 2. The van der Waals surface area contributed by atoms with Gasteiger partial charge in [0.25, 0.3) is 0 Å². The lowest BCUT2D eigenvalue weighted by Crippen LogP contribution is -2.38. The van der Waals surface area contributed by atoms with Crippen molar-refractivity contribution in [3.05, 3.63) is 65.2 Å². The summed E-state index contributed by atoms with van der Waals surface area (Å²) < 4.78 is 13.1. The lowest BCUT2D eigenvalue weighted by Gasteiger charge is -2.11. The number of halogens is 1. The molecular weight excluding hydrogens is 303 g/mol. The molecule has 0 aliphatic rings. The zero-order valence-electron chi connectivity index (χ0n) is 14.3. The van der Waals surface area contributed by atoms with Crippen molar-refractivity contribution in [3.8, 4) is 0 Å². The quantitative estimate of drug-likeness (QED) is 0.607. The van der Waals surface area contributed by atoms with E-state index < -0.39 is 0 Å². The summed E-state index contributed by atoms with van der Waals surface area (Å²) >= 11 is 0. The predicted octanol–water partition coefficient (Wildman–Crippen LogP) is 2.87. The number of hydrogen-bond donors (Lipinski definition) is 2. The van der Waals surface area contributed by atoms with Gasteiger partial charge in [0.15, 0.2) is 5.96 Å². The van der Waals surface area contributed by atoms with Crippen LogP contribution < -0.4 is 10.6 Å². The number of pyridine rings is 1. The molecule has 0 amide bonds. The first-order valence-electron chi connectivity index (χ1n) is 8.35. The second-order valence-corrected chi connectivity index (χ2v) is 5.62. The molecule has 1 aromatic carbocycles. The van der Waals surface area contributed by atoms with Gasteiger partial charge in [-0.3, -0.25) is 9.98 Å². The largest absolute Gasteiger partial charge is 0.357 e. The van der Waals surface area contributed by atoms with E-state index in [-0.39, 0.29) is 5.82 Å². The van der Waals surface area contributed by atoms with Gasteiger partial charge in [-0.15, -0.1) is 0 Å². The third-order valence-corrected chi connectivity index (χ3v) is 3.73. The smallest absolute Gasteiger partial charge is 0.191 e. The number of benzene rings is 1. The Morgan fingerprint density at radius 3 is 2.79 bits per heavy atom. The Morgan fingerprint density at radius 1 is 1.21 bits per heavy atom. The number of nitrogens with one attached hydrogen (secondary N) is 2. The van der Waals surface area contributed by atoms with Crippen LogP contribution in [0.15, 0.2) is 47.7 Å². The maximum absolute atomic E-state index is 13.1. The fraction of sp³-hybridized carbons (Fsp3) is 0.368. The molecule has 2 rings (SSSR count). The maximum atomic E-state index is 13.1. The highest BCUT2D eigenvalue weighted by atomic mass is 19.1. The molecule has 24 heavy (non-hydrogen) atoms. The number of aliphatic imine (C=N–C) groups is 1. The van der Waals surface area contributed by atoms with E-state index in [9.17, 15) is 4.39 Å². The fourth-order valence-corrected chi connectivity index (χ4v) is 2.44. The second kappa shape index (κ2) is 9.65. The first-order chi connectivity index (χ1) is 11.7. The van der Waals surface area contributed by atoms with Gasteiger partial charge in [0.1, 0.15) is 5.82 Å². The monoisotopic (exact) mass is 328 g/mol. The average Bonchev–Trinajstić information content (AvgIpc) is 2.58. The maximum Gasteiger partial charge on any atom is 0.191 e. The van der Waals surface area contributed by atoms with Gasteiger partial charge in [-0.2, -0.15) is 0 Å². The summed E-state index contributed by atoms with van der Waals surface area (Å²) in [6, 6.07) is 8.92. The van der Waals surface area contributed by atoms with Gasteiger partial charge in [0.05, 0.1) is 0 Å². The molecule has 2 N–H and O–H groups in total. The van der Waals surface area contributed by atoms with Crippen LogP contribution in [0.2, 0.25) is 0 Å². The van der Waals surface area contributed by atoms with Crippen molar-refractivity contribution in [2.24, 2.45) is 4.99 Å². The van der Waals surface area contributed by atoms with Crippen LogP contribution in [0.4, 0.5) is 4.39 Å². The van der Waals surface area contributed by atoms with E-state index in [0.29, 0.717) is 6.54 Å². The summed E-state index contributed by atoms with van der Waals surface area (Å²) in [6.45, 7) is 6.25. The molecule has 0 aliphatic heterocycles. The molecule has 128 valence electrons. The predicted molar refractivity (Wildman–Crippen MR) is 96.8 cm³/mol. The van der Waals surface area contributed by atoms with Gasteiger partial charge in [-0.1, -0.05) is 12.1 Å². The summed E-state index contributed by atoms with van der Waals surface area (Å²) in [6.07, 6.45) is 5.35. The Bertz CT molecular complexity index is 656. The minimum Gasteiger partial charge on any atom is -0.357 e. The number of aromatic nitrogens is 1. The van der Waals surface area contributed by atoms with Crippen molar-refractivity contribution in [1.82, 2.24) is 15.6 Å². The summed E-state index contributed by atoms with van der Waals surface area (Å²) in [5.74, 6) is 0.617. The van der Waals surface area contributed by atoms with Gasteiger partial charge >= 0.3 is 0 Å². The highest BCUT2D eigenvalue weighted by molar-refractivity contribution is 5.79. The van der Waals surface area contributed by atoms with Crippen molar-refractivity contribution < 1.29 is 4.39 Å². The van der Waals surface area contributed by atoms with E-state index in [1.54, 1.807) is 12.3 Å². The van der Waals surface area contributed by atoms with E-state index in [1.165, 1.54) is 11.6 Å². The molecule has 0 bridgehead atoms. The Hall–Kier alpha value is -2.43. The van der Waals surface area contributed by atoms with Gasteiger partial charge < -0.3 is 10.6 Å². The Kier molecular flexibility index (Phi) is 7.21. The summed E-state index contributed by atoms with van der Waals surface area (Å²) in [5, 5.41) is 6.57. The van der Waals surface area contributed by atoms with Gasteiger partial charge in [-0.25, -0.2) is 4.39 Å². The van der Waals surface area contributed by atoms with E-state index >= 15 is 0 Å². The molecule has 0 radical (unpaired) electrons. The molecule has 0 atom stereocenters. The number of aryl methyl sites for hydroxylation is 1. The molecule has 0 unspecified atom stereocenters. The van der Waals surface area contributed by atoms with Crippen LogP contribution in [0, 0.1) is 12.7 Å². The summed E-state index contributed by atoms with van der Waals surface area (Å²) in [7, 11) is 0. The van der Waals surface area contributed by atoms with Crippen molar-refractivity contribution in [3.63, 3.8) is 0 Å². The molecular formula is C19H25FN4. The molecule has 1 heterocycles. The lowest BCUT2D eigenvalue weighted by atomic mass is 10.1. The number of rotatable bonds is 7. The highest BCUT2D eigenvalue weighted by Gasteiger charge is 2.01. The Morgan fingerprint density at radius 2 is 2.08 bits per heavy atom. The van der Waals surface area contributed by atoms with Crippen LogP contribution in [0.1, 0.15) is 23.6 Å². The van der Waals surface area contributed by atoms with E-state index in [2.05, 4.69) is 26.7 Å². The molecule has 0 saturated heterocycles. The molecule has 0 fully saturated rings. The van der Waals surface area contributed by atoms with Crippen molar-refractivity contribution >= 4 is 5.96 Å². The van der Waals surface area contributed by atoms with Crippen LogP contribution in [-0.4, -0.2) is 30.6 Å². The second-order valence-electron chi connectivity index (χ2n) is 5.62. The highest BCUT2D eigenvalue weighted by Crippen LogP contribution is 2.10. The van der Waals surface area contributed by atoms with Crippen LogP contribution in [0.3, 0.4) is 0 Å². The minimum absolute atomic E-state index is 0.190. The Balaban J connectivity index is 1.83. The molecule has 4 nitrogen and oxygen atoms in total. The fourth-order valence-electron chi connectivity index (χ4n) is 2.44. The molecule has 1 aromatic heterocycles. The van der Waals surface area contributed by atoms with Crippen molar-refractivity contribution in [2.75, 3.05) is 19.6 Å². The van der Waals surface area contributed by atoms with E-state index in [4.69, 9.17) is 0 Å². The standard InChI is InChI=1S/C19H25FN4/c1-3-22-19(23-11-8-16-5-4-10-21-14-16)24-12-9-17-6-7-18(20)13-15(17)2/h4-7,10,13-14H,3,8-9,11-12H2,1-2H3,(H2,22,23,24). The van der Waals surface area contributed by atoms with E-state index in [1.807, 2.05) is 32.2 Å². The minimum atomic E-state index is -0.190. The van der Waals surface area contributed by atoms with Crippen LogP contribution in [0.5, 0.6) is 0 Å². The average molecular weight is 328 g/mol. The van der Waals surface area contributed by atoms with Crippen LogP contribution in [0.25, 0.3) is 0 Å². The summed E-state index contributed by atoms with van der Waals surface area (Å²) in [5.41, 5.74) is 3.30. The van der Waals surface area contributed by atoms with Gasteiger partial charge in [-0.05, 0) is 61.6 Å². The summed E-state index contributed by atoms with van der Waals surface area (Å²) in [4.78, 5) is 8.70. The van der Waals surface area contributed by atoms with Crippen molar-refractivity contribution in [2.45, 2.75) is 26.7 Å². The third kappa shape index (κ3) is 5.99. The zero-order valence-corrected chi connectivity index (χ0v) is 14.3. The number of guanidine groups is 1. The molecule has 0 aliphatic carbocycles.